The molecular formula is C21H17Cl3FNO2. The van der Waals surface area contributed by atoms with Crippen LogP contribution >= 0.6 is 34.8 Å². The van der Waals surface area contributed by atoms with E-state index in [0.717, 1.165) is 16.8 Å². The summed E-state index contributed by atoms with van der Waals surface area (Å²) in [7, 11) is 1.58. The van der Waals surface area contributed by atoms with Crippen molar-refractivity contribution in [3.63, 3.8) is 0 Å². The van der Waals surface area contributed by atoms with Gasteiger partial charge < -0.3 is 14.8 Å². The standard InChI is InChI=1S/C21H17Cl3FNO2/c1-27-21-8-13(11-26-16-5-6-19(25)18(24)10-16)2-7-20(21)28-12-14-3-4-15(22)9-17(14)23/h2-10,26H,11-12H2,1H3. The lowest BCUT2D eigenvalue weighted by molar-refractivity contribution is 0.284. The fourth-order valence-electron chi connectivity index (χ4n) is 2.55. The number of halogens is 4. The maximum Gasteiger partial charge on any atom is 0.161 e. The van der Waals surface area contributed by atoms with Crippen molar-refractivity contribution in [2.75, 3.05) is 12.4 Å². The minimum atomic E-state index is -0.448. The molecule has 0 fully saturated rings. The molecular weight excluding hydrogens is 424 g/mol. The molecule has 0 unspecified atom stereocenters. The van der Waals surface area contributed by atoms with Gasteiger partial charge in [-0.2, -0.15) is 0 Å². The maximum absolute atomic E-state index is 13.2. The van der Waals surface area contributed by atoms with Gasteiger partial charge in [0.15, 0.2) is 11.5 Å². The van der Waals surface area contributed by atoms with Crippen LogP contribution in [0.25, 0.3) is 0 Å². The summed E-state index contributed by atoms with van der Waals surface area (Å²) in [5.74, 6) is 0.750. The summed E-state index contributed by atoms with van der Waals surface area (Å²) >= 11 is 17.9. The van der Waals surface area contributed by atoms with E-state index in [2.05, 4.69) is 5.32 Å². The second-order valence-corrected chi connectivity index (χ2v) is 7.24. The lowest BCUT2D eigenvalue weighted by Gasteiger charge is -2.14. The van der Waals surface area contributed by atoms with Gasteiger partial charge in [-0.15, -0.1) is 0 Å². The monoisotopic (exact) mass is 439 g/mol. The van der Waals surface area contributed by atoms with Crippen molar-refractivity contribution in [2.45, 2.75) is 13.2 Å². The van der Waals surface area contributed by atoms with Crippen LogP contribution in [0.4, 0.5) is 10.1 Å². The Balaban J connectivity index is 1.66. The molecule has 0 aliphatic rings. The van der Waals surface area contributed by atoms with E-state index < -0.39 is 5.82 Å². The smallest absolute Gasteiger partial charge is 0.161 e. The van der Waals surface area contributed by atoms with Gasteiger partial charge in [-0.25, -0.2) is 4.39 Å². The zero-order valence-corrected chi connectivity index (χ0v) is 17.2. The number of rotatable bonds is 7. The third kappa shape index (κ3) is 5.22. The molecule has 146 valence electrons. The van der Waals surface area contributed by atoms with Crippen molar-refractivity contribution in [1.82, 2.24) is 0 Å². The van der Waals surface area contributed by atoms with Gasteiger partial charge in [-0.3, -0.25) is 0 Å². The van der Waals surface area contributed by atoms with E-state index in [-0.39, 0.29) is 11.6 Å². The lowest BCUT2D eigenvalue weighted by Crippen LogP contribution is -2.02. The Hall–Kier alpha value is -2.14. The zero-order chi connectivity index (χ0) is 20.1. The van der Waals surface area contributed by atoms with Crippen LogP contribution in [0, 0.1) is 5.82 Å². The molecule has 3 rings (SSSR count). The molecule has 0 heterocycles. The van der Waals surface area contributed by atoms with Crippen LogP contribution in [0.15, 0.2) is 54.6 Å². The first kappa shape index (κ1) is 20.6. The molecule has 0 spiro atoms. The van der Waals surface area contributed by atoms with E-state index in [9.17, 15) is 4.39 Å². The van der Waals surface area contributed by atoms with E-state index in [1.54, 1.807) is 31.4 Å². The molecule has 0 bridgehead atoms. The van der Waals surface area contributed by atoms with Crippen LogP contribution < -0.4 is 14.8 Å². The number of anilines is 1. The summed E-state index contributed by atoms with van der Waals surface area (Å²) in [5, 5.41) is 4.39. The van der Waals surface area contributed by atoms with Crippen molar-refractivity contribution in [2.24, 2.45) is 0 Å². The normalized spacial score (nSPS) is 10.6. The van der Waals surface area contributed by atoms with E-state index >= 15 is 0 Å². The van der Waals surface area contributed by atoms with Gasteiger partial charge in [0, 0.05) is 27.8 Å². The molecule has 0 radical (unpaired) electrons. The number of hydrogen-bond acceptors (Lipinski definition) is 3. The van der Waals surface area contributed by atoms with Gasteiger partial charge >= 0.3 is 0 Å². The molecule has 0 amide bonds. The molecule has 3 nitrogen and oxygen atoms in total. The average Bonchev–Trinajstić information content (AvgIpc) is 2.68. The summed E-state index contributed by atoms with van der Waals surface area (Å²) in [6.07, 6.45) is 0. The predicted molar refractivity (Wildman–Crippen MR) is 113 cm³/mol. The third-order valence-electron chi connectivity index (χ3n) is 4.04. The van der Waals surface area contributed by atoms with Gasteiger partial charge in [0.25, 0.3) is 0 Å². The zero-order valence-electron chi connectivity index (χ0n) is 14.9. The predicted octanol–water partition coefficient (Wildman–Crippen LogP) is 6.99. The summed E-state index contributed by atoms with van der Waals surface area (Å²) in [6.45, 7) is 0.805. The quantitative estimate of drug-likeness (QED) is 0.429. The van der Waals surface area contributed by atoms with E-state index in [1.165, 1.54) is 6.07 Å². The fourth-order valence-corrected chi connectivity index (χ4v) is 3.19. The Labute approximate surface area is 177 Å². The molecule has 0 aliphatic carbocycles. The Kier molecular flexibility index (Phi) is 6.89. The van der Waals surface area contributed by atoms with Crippen LogP contribution in [-0.4, -0.2) is 7.11 Å². The highest BCUT2D eigenvalue weighted by Crippen LogP contribution is 2.30. The van der Waals surface area contributed by atoms with Crippen molar-refractivity contribution in [3.8, 4) is 11.5 Å². The van der Waals surface area contributed by atoms with Crippen LogP contribution in [-0.2, 0) is 13.2 Å². The Morgan fingerprint density at radius 3 is 2.43 bits per heavy atom. The number of ether oxygens (including phenoxy) is 2. The summed E-state index contributed by atoms with van der Waals surface area (Å²) in [4.78, 5) is 0. The Bertz CT molecular complexity index is 982. The van der Waals surface area contributed by atoms with E-state index in [0.29, 0.717) is 28.1 Å². The van der Waals surface area contributed by atoms with Gasteiger partial charge in [-0.1, -0.05) is 46.9 Å². The molecule has 3 aromatic carbocycles. The molecule has 0 aliphatic heterocycles. The van der Waals surface area contributed by atoms with Crippen molar-refractivity contribution in [1.29, 1.82) is 0 Å². The molecule has 0 saturated carbocycles. The Morgan fingerprint density at radius 1 is 0.893 bits per heavy atom. The van der Waals surface area contributed by atoms with Crippen molar-refractivity contribution in [3.05, 3.63) is 86.6 Å². The van der Waals surface area contributed by atoms with Gasteiger partial charge in [-0.05, 0) is 48.0 Å². The summed E-state index contributed by atoms with van der Waals surface area (Å²) in [6, 6.07) is 15.4. The van der Waals surface area contributed by atoms with Crippen LogP contribution in [0.5, 0.6) is 11.5 Å². The van der Waals surface area contributed by atoms with Crippen LogP contribution in [0.1, 0.15) is 11.1 Å². The van der Waals surface area contributed by atoms with Crippen molar-refractivity contribution < 1.29 is 13.9 Å². The number of hydrogen-bond donors (Lipinski definition) is 1. The fraction of sp³-hybridized carbons (Fsp3) is 0.143. The minimum Gasteiger partial charge on any atom is -0.493 e. The SMILES string of the molecule is COc1cc(CNc2ccc(F)c(Cl)c2)ccc1OCc1ccc(Cl)cc1Cl. The molecule has 0 saturated heterocycles. The number of methoxy groups -OCH3 is 1. The third-order valence-corrected chi connectivity index (χ3v) is 4.92. The minimum absolute atomic E-state index is 0.0761. The van der Waals surface area contributed by atoms with Gasteiger partial charge in [0.2, 0.25) is 0 Å². The Morgan fingerprint density at radius 2 is 1.71 bits per heavy atom. The molecule has 0 atom stereocenters. The maximum atomic E-state index is 13.2. The highest BCUT2D eigenvalue weighted by molar-refractivity contribution is 6.35. The highest BCUT2D eigenvalue weighted by atomic mass is 35.5. The van der Waals surface area contributed by atoms with E-state index in [4.69, 9.17) is 44.3 Å². The first-order chi connectivity index (χ1) is 13.5. The summed E-state index contributed by atoms with van der Waals surface area (Å²) < 4.78 is 24.5. The van der Waals surface area contributed by atoms with Crippen LogP contribution in [0.2, 0.25) is 15.1 Å². The first-order valence-electron chi connectivity index (χ1n) is 8.39. The van der Waals surface area contributed by atoms with Crippen molar-refractivity contribution >= 4 is 40.5 Å². The second kappa shape index (κ2) is 9.37. The van der Waals surface area contributed by atoms with E-state index in [1.807, 2.05) is 24.3 Å². The molecule has 0 aromatic heterocycles. The molecule has 3 aromatic rings. The summed E-state index contributed by atoms with van der Waals surface area (Å²) in [5.41, 5.74) is 2.52. The second-order valence-electron chi connectivity index (χ2n) is 5.99. The molecule has 28 heavy (non-hydrogen) atoms. The van der Waals surface area contributed by atoms with Gasteiger partial charge in [0.1, 0.15) is 12.4 Å². The molecule has 7 heteroatoms. The average molecular weight is 441 g/mol. The number of benzene rings is 3. The highest BCUT2D eigenvalue weighted by Gasteiger charge is 2.09. The largest absolute Gasteiger partial charge is 0.493 e. The van der Waals surface area contributed by atoms with Gasteiger partial charge in [0.05, 0.1) is 12.1 Å². The topological polar surface area (TPSA) is 30.5 Å². The first-order valence-corrected chi connectivity index (χ1v) is 9.52. The number of nitrogens with one attached hydrogen (secondary N) is 1. The lowest BCUT2D eigenvalue weighted by atomic mass is 10.2. The van der Waals surface area contributed by atoms with Crippen LogP contribution in [0.3, 0.4) is 0 Å². The molecule has 1 N–H and O–H groups in total.